The zero-order valence-corrected chi connectivity index (χ0v) is 12.6. The van der Waals surface area contributed by atoms with Gasteiger partial charge in [0.2, 0.25) is 11.8 Å². The molecule has 21 heavy (non-hydrogen) atoms. The number of aryl methyl sites for hydroxylation is 1. The predicted octanol–water partition coefficient (Wildman–Crippen LogP) is 1.59. The van der Waals surface area contributed by atoms with Crippen LogP contribution >= 0.6 is 0 Å². The second-order valence-corrected chi connectivity index (χ2v) is 5.11. The van der Waals surface area contributed by atoms with Gasteiger partial charge in [-0.15, -0.1) is 0 Å². The van der Waals surface area contributed by atoms with Crippen molar-refractivity contribution < 1.29 is 9.59 Å². The van der Waals surface area contributed by atoms with Gasteiger partial charge in [0, 0.05) is 17.8 Å². The van der Waals surface area contributed by atoms with Crippen molar-refractivity contribution in [1.29, 1.82) is 0 Å². The van der Waals surface area contributed by atoms with E-state index in [0.29, 0.717) is 6.54 Å². The predicted molar refractivity (Wildman–Crippen MR) is 83.0 cm³/mol. The molecule has 0 aliphatic rings. The van der Waals surface area contributed by atoms with E-state index in [1.54, 1.807) is 6.92 Å². The van der Waals surface area contributed by atoms with Gasteiger partial charge in [-0.1, -0.05) is 18.2 Å². The van der Waals surface area contributed by atoms with Gasteiger partial charge in [0.25, 0.3) is 0 Å². The minimum Gasteiger partial charge on any atom is -0.355 e. The van der Waals surface area contributed by atoms with Gasteiger partial charge in [-0.05, 0) is 38.3 Å². The monoisotopic (exact) mass is 287 g/mol. The van der Waals surface area contributed by atoms with Gasteiger partial charge in [-0.2, -0.15) is 0 Å². The Morgan fingerprint density at radius 1 is 1.29 bits per heavy atom. The van der Waals surface area contributed by atoms with Crippen LogP contribution in [-0.2, 0) is 16.1 Å². The summed E-state index contributed by atoms with van der Waals surface area (Å²) in [6.45, 7) is 6.27. The van der Waals surface area contributed by atoms with Crippen molar-refractivity contribution in [2.24, 2.45) is 0 Å². The maximum atomic E-state index is 12.1. The van der Waals surface area contributed by atoms with Crippen LogP contribution in [0.3, 0.4) is 0 Å². The molecule has 1 atom stereocenters. The molecular weight excluding hydrogens is 266 g/mol. The first-order chi connectivity index (χ1) is 10.0. The first kappa shape index (κ1) is 15.1. The summed E-state index contributed by atoms with van der Waals surface area (Å²) in [6.07, 6.45) is 0. The van der Waals surface area contributed by atoms with Crippen LogP contribution in [0.5, 0.6) is 0 Å². The summed E-state index contributed by atoms with van der Waals surface area (Å²) >= 11 is 0. The molecule has 1 aromatic heterocycles. The number of para-hydroxylation sites is 1. The van der Waals surface area contributed by atoms with Crippen LogP contribution in [-0.4, -0.2) is 29.0 Å². The van der Waals surface area contributed by atoms with Crippen molar-refractivity contribution in [2.45, 2.75) is 33.4 Å². The third kappa shape index (κ3) is 3.42. The fourth-order valence-electron chi connectivity index (χ4n) is 2.38. The van der Waals surface area contributed by atoms with Gasteiger partial charge in [0.1, 0.15) is 12.6 Å². The van der Waals surface area contributed by atoms with E-state index in [4.69, 9.17) is 0 Å². The maximum Gasteiger partial charge on any atom is 0.242 e. The minimum absolute atomic E-state index is 0.167. The Kier molecular flexibility index (Phi) is 4.62. The fraction of sp³-hybridized carbons (Fsp3) is 0.375. The number of amides is 2. The summed E-state index contributed by atoms with van der Waals surface area (Å²) in [4.78, 5) is 23.7. The number of benzene rings is 1. The highest BCUT2D eigenvalue weighted by Crippen LogP contribution is 2.18. The first-order valence-electron chi connectivity index (χ1n) is 7.15. The lowest BCUT2D eigenvalue weighted by Crippen LogP contribution is -2.45. The smallest absolute Gasteiger partial charge is 0.242 e. The first-order valence-corrected chi connectivity index (χ1v) is 7.15. The standard InChI is InChI=1S/C16H21N3O2/c1-4-17-16(21)12(3)18-15(20)10-19-11(2)9-13-7-5-6-8-14(13)19/h5-9,12H,4,10H2,1-3H3,(H,17,21)(H,18,20). The molecular formula is C16H21N3O2. The zero-order valence-electron chi connectivity index (χ0n) is 12.6. The molecule has 0 spiro atoms. The number of nitrogens with zero attached hydrogens (tertiary/aromatic N) is 1. The quantitative estimate of drug-likeness (QED) is 0.877. The van der Waals surface area contributed by atoms with Crippen LogP contribution in [0.4, 0.5) is 0 Å². The second-order valence-electron chi connectivity index (χ2n) is 5.11. The molecule has 0 aliphatic carbocycles. The van der Waals surface area contributed by atoms with E-state index in [1.165, 1.54) is 0 Å². The molecule has 1 aromatic carbocycles. The molecule has 2 rings (SSSR count). The van der Waals surface area contributed by atoms with Crippen LogP contribution in [0.15, 0.2) is 30.3 Å². The Hall–Kier alpha value is -2.30. The number of carbonyl (C=O) groups is 2. The topological polar surface area (TPSA) is 63.1 Å². The number of carbonyl (C=O) groups excluding carboxylic acids is 2. The van der Waals surface area contributed by atoms with Crippen LogP contribution in [0.25, 0.3) is 10.9 Å². The molecule has 112 valence electrons. The third-order valence-corrected chi connectivity index (χ3v) is 3.44. The van der Waals surface area contributed by atoms with E-state index in [0.717, 1.165) is 16.6 Å². The number of rotatable bonds is 5. The summed E-state index contributed by atoms with van der Waals surface area (Å²) < 4.78 is 1.95. The Morgan fingerprint density at radius 2 is 2.00 bits per heavy atom. The average molecular weight is 287 g/mol. The molecule has 0 fully saturated rings. The Labute approximate surface area is 124 Å². The Balaban J connectivity index is 2.08. The Morgan fingerprint density at radius 3 is 2.71 bits per heavy atom. The van der Waals surface area contributed by atoms with Crippen molar-refractivity contribution in [3.8, 4) is 0 Å². The summed E-state index contributed by atoms with van der Waals surface area (Å²) in [7, 11) is 0. The fourth-order valence-corrected chi connectivity index (χ4v) is 2.38. The lowest BCUT2D eigenvalue weighted by atomic mass is 10.2. The molecule has 0 saturated heterocycles. The highest BCUT2D eigenvalue weighted by atomic mass is 16.2. The number of likely N-dealkylation sites (N-methyl/N-ethyl adjacent to an activating group) is 1. The summed E-state index contributed by atoms with van der Waals surface area (Å²) in [5.74, 6) is -0.335. The molecule has 0 bridgehead atoms. The molecule has 0 aliphatic heterocycles. The molecule has 2 aromatic rings. The number of aromatic nitrogens is 1. The number of fused-ring (bicyclic) bond motifs is 1. The number of hydrogen-bond acceptors (Lipinski definition) is 2. The van der Waals surface area contributed by atoms with Gasteiger partial charge in [-0.25, -0.2) is 0 Å². The number of hydrogen-bond donors (Lipinski definition) is 2. The van der Waals surface area contributed by atoms with E-state index >= 15 is 0 Å². The largest absolute Gasteiger partial charge is 0.355 e. The van der Waals surface area contributed by atoms with E-state index in [2.05, 4.69) is 16.7 Å². The molecule has 5 heteroatoms. The van der Waals surface area contributed by atoms with Crippen LogP contribution in [0, 0.1) is 6.92 Å². The van der Waals surface area contributed by atoms with Crippen molar-refractivity contribution in [2.75, 3.05) is 6.54 Å². The Bertz CT molecular complexity index is 661. The highest BCUT2D eigenvalue weighted by Gasteiger charge is 2.16. The van der Waals surface area contributed by atoms with Crippen molar-refractivity contribution in [1.82, 2.24) is 15.2 Å². The molecule has 0 saturated carbocycles. The van der Waals surface area contributed by atoms with Gasteiger partial charge < -0.3 is 15.2 Å². The summed E-state index contributed by atoms with van der Waals surface area (Å²) in [6, 6.07) is 9.46. The van der Waals surface area contributed by atoms with E-state index in [1.807, 2.05) is 42.7 Å². The molecule has 2 amide bonds. The van der Waals surface area contributed by atoms with Gasteiger partial charge in [0.05, 0.1) is 0 Å². The van der Waals surface area contributed by atoms with E-state index in [9.17, 15) is 9.59 Å². The summed E-state index contributed by atoms with van der Waals surface area (Å²) in [5.41, 5.74) is 2.05. The lowest BCUT2D eigenvalue weighted by Gasteiger charge is -2.14. The van der Waals surface area contributed by atoms with Crippen LogP contribution in [0.2, 0.25) is 0 Å². The molecule has 5 nitrogen and oxygen atoms in total. The van der Waals surface area contributed by atoms with Crippen LogP contribution in [0.1, 0.15) is 19.5 Å². The van der Waals surface area contributed by atoms with Gasteiger partial charge in [-0.3, -0.25) is 9.59 Å². The second kappa shape index (κ2) is 6.43. The molecule has 1 heterocycles. The summed E-state index contributed by atoms with van der Waals surface area (Å²) in [5, 5.41) is 6.52. The normalized spacial score (nSPS) is 12.1. The van der Waals surface area contributed by atoms with E-state index < -0.39 is 6.04 Å². The maximum absolute atomic E-state index is 12.1. The average Bonchev–Trinajstić information content (AvgIpc) is 2.75. The van der Waals surface area contributed by atoms with Crippen molar-refractivity contribution >= 4 is 22.7 Å². The molecule has 0 radical (unpaired) electrons. The number of nitrogens with one attached hydrogen (secondary N) is 2. The zero-order chi connectivity index (χ0) is 15.4. The SMILES string of the molecule is CCNC(=O)C(C)NC(=O)Cn1c(C)cc2ccccc21. The third-order valence-electron chi connectivity index (χ3n) is 3.44. The highest BCUT2D eigenvalue weighted by molar-refractivity contribution is 5.88. The molecule has 2 N–H and O–H groups in total. The molecule has 1 unspecified atom stereocenters. The van der Waals surface area contributed by atoms with Crippen LogP contribution < -0.4 is 10.6 Å². The lowest BCUT2D eigenvalue weighted by molar-refractivity contribution is -0.128. The van der Waals surface area contributed by atoms with Gasteiger partial charge >= 0.3 is 0 Å². The van der Waals surface area contributed by atoms with Gasteiger partial charge in [0.15, 0.2) is 0 Å². The minimum atomic E-state index is -0.528. The van der Waals surface area contributed by atoms with E-state index in [-0.39, 0.29) is 18.4 Å². The van der Waals surface area contributed by atoms with Crippen molar-refractivity contribution in [3.63, 3.8) is 0 Å². The van der Waals surface area contributed by atoms with Crippen molar-refractivity contribution in [3.05, 3.63) is 36.0 Å².